The highest BCUT2D eigenvalue weighted by Crippen LogP contribution is 2.63. The number of halogens is 17. The summed E-state index contributed by atoms with van der Waals surface area (Å²) >= 11 is 0. The molecule has 0 radical (unpaired) electrons. The summed E-state index contributed by atoms with van der Waals surface area (Å²) in [6.45, 7) is 0.0549. The average Bonchev–Trinajstić information content (AvgIpc) is 3.65. The standard InChI is InChI=1S/C19H9F17O4/c20-10(11(21)40-8-3-1-7(2-4-8)12(37)39-6-9-5-38-9)13(22,23)14(24,25)15(26,27)16(28,29)17(30,31)18(32,33)19(34,35)36/h1-4,9H,5-6H2. The van der Waals surface area contributed by atoms with Gasteiger partial charge in [-0.1, -0.05) is 0 Å². The topological polar surface area (TPSA) is 48.1 Å². The summed E-state index contributed by atoms with van der Waals surface area (Å²) < 4.78 is 238. The minimum Gasteiger partial charge on any atom is -0.459 e. The summed E-state index contributed by atoms with van der Waals surface area (Å²) in [4.78, 5) is 11.7. The lowest BCUT2D eigenvalue weighted by molar-refractivity contribution is -0.451. The molecule has 1 aromatic rings. The molecular weight excluding hydrogens is 615 g/mol. The molecule has 40 heavy (non-hydrogen) atoms. The highest BCUT2D eigenvalue weighted by molar-refractivity contribution is 5.89. The van der Waals surface area contributed by atoms with Gasteiger partial charge in [-0.25, -0.2) is 4.79 Å². The van der Waals surface area contributed by atoms with Gasteiger partial charge in [0.1, 0.15) is 18.5 Å². The fourth-order valence-electron chi connectivity index (χ4n) is 2.45. The van der Waals surface area contributed by atoms with Crippen molar-refractivity contribution in [2.24, 2.45) is 0 Å². The van der Waals surface area contributed by atoms with E-state index >= 15 is 0 Å². The van der Waals surface area contributed by atoms with Crippen LogP contribution in [0.25, 0.3) is 0 Å². The van der Waals surface area contributed by atoms with Crippen molar-refractivity contribution in [3.8, 4) is 5.75 Å². The number of ether oxygens (including phenoxy) is 3. The summed E-state index contributed by atoms with van der Waals surface area (Å²) in [5.41, 5.74) is -0.367. The molecule has 0 aromatic heterocycles. The van der Waals surface area contributed by atoms with E-state index in [0.717, 1.165) is 0 Å². The fourth-order valence-corrected chi connectivity index (χ4v) is 2.45. The molecule has 1 fully saturated rings. The van der Waals surface area contributed by atoms with Crippen molar-refractivity contribution in [1.82, 2.24) is 0 Å². The zero-order chi connectivity index (χ0) is 31.3. The van der Waals surface area contributed by atoms with Crippen LogP contribution in [0.15, 0.2) is 36.1 Å². The van der Waals surface area contributed by atoms with Gasteiger partial charge in [0.2, 0.25) is 5.83 Å². The summed E-state index contributed by atoms with van der Waals surface area (Å²) in [5, 5.41) is 0. The van der Waals surface area contributed by atoms with Crippen molar-refractivity contribution in [2.75, 3.05) is 13.2 Å². The van der Waals surface area contributed by atoms with Gasteiger partial charge in [0.25, 0.3) is 0 Å². The predicted octanol–water partition coefficient (Wildman–Crippen LogP) is 7.10. The first-order valence-electron chi connectivity index (χ1n) is 9.73. The van der Waals surface area contributed by atoms with Crippen LogP contribution in [-0.2, 0) is 9.47 Å². The Balaban J connectivity index is 2.36. The number of benzene rings is 1. The molecule has 1 saturated heterocycles. The number of esters is 1. The maximum atomic E-state index is 13.8. The molecule has 0 amide bonds. The second kappa shape index (κ2) is 10.1. The zero-order valence-electron chi connectivity index (χ0n) is 18.4. The van der Waals surface area contributed by atoms with Crippen LogP contribution >= 0.6 is 0 Å². The van der Waals surface area contributed by atoms with E-state index in [-0.39, 0.29) is 18.8 Å². The van der Waals surface area contributed by atoms with Crippen molar-refractivity contribution >= 4 is 5.97 Å². The molecule has 0 saturated carbocycles. The first kappa shape index (κ1) is 33.2. The average molecular weight is 624 g/mol. The maximum Gasteiger partial charge on any atom is 0.460 e. The number of rotatable bonds is 11. The van der Waals surface area contributed by atoms with Gasteiger partial charge in [-0.15, -0.1) is 0 Å². The number of carbonyl (C=O) groups is 1. The second-order valence-corrected chi connectivity index (χ2v) is 7.71. The van der Waals surface area contributed by atoms with Crippen molar-refractivity contribution in [2.45, 2.75) is 47.8 Å². The monoisotopic (exact) mass is 624 g/mol. The molecule has 0 aliphatic carbocycles. The van der Waals surface area contributed by atoms with E-state index in [9.17, 15) is 79.4 Å². The molecule has 1 atom stereocenters. The lowest BCUT2D eigenvalue weighted by atomic mass is 9.91. The lowest BCUT2D eigenvalue weighted by Crippen LogP contribution is -2.72. The number of carbonyl (C=O) groups excluding carboxylic acids is 1. The Morgan fingerprint density at radius 1 is 0.725 bits per heavy atom. The molecule has 2 rings (SSSR count). The zero-order valence-corrected chi connectivity index (χ0v) is 18.4. The van der Waals surface area contributed by atoms with Crippen molar-refractivity contribution in [3.63, 3.8) is 0 Å². The Hall–Kier alpha value is -3.00. The maximum absolute atomic E-state index is 13.8. The molecular formula is C19H9F17O4. The third-order valence-corrected chi connectivity index (χ3v) is 4.88. The van der Waals surface area contributed by atoms with Crippen LogP contribution in [0.3, 0.4) is 0 Å². The molecule has 1 aromatic carbocycles. The van der Waals surface area contributed by atoms with E-state index in [1.165, 1.54) is 0 Å². The van der Waals surface area contributed by atoms with E-state index in [2.05, 4.69) is 4.74 Å². The molecule has 1 unspecified atom stereocenters. The number of epoxide rings is 1. The van der Waals surface area contributed by atoms with Gasteiger partial charge in [-0.05, 0) is 24.3 Å². The molecule has 1 heterocycles. The molecule has 0 N–H and O–H groups in total. The van der Waals surface area contributed by atoms with E-state index in [4.69, 9.17) is 9.47 Å². The largest absolute Gasteiger partial charge is 0.460 e. The predicted molar refractivity (Wildman–Crippen MR) is 92.1 cm³/mol. The molecule has 1 aliphatic rings. The van der Waals surface area contributed by atoms with E-state index in [1.807, 2.05) is 0 Å². The van der Waals surface area contributed by atoms with Gasteiger partial charge in [0.15, 0.2) is 0 Å². The van der Waals surface area contributed by atoms with Gasteiger partial charge in [-0.2, -0.15) is 74.6 Å². The minimum absolute atomic E-state index is 0.216. The summed E-state index contributed by atoms with van der Waals surface area (Å²) in [7, 11) is 0. The van der Waals surface area contributed by atoms with E-state index in [0.29, 0.717) is 24.3 Å². The Kier molecular flexibility index (Phi) is 8.40. The van der Waals surface area contributed by atoms with Gasteiger partial charge < -0.3 is 14.2 Å². The van der Waals surface area contributed by atoms with Crippen molar-refractivity contribution in [3.05, 3.63) is 41.7 Å². The quantitative estimate of drug-likeness (QED) is 0.114. The third-order valence-electron chi connectivity index (χ3n) is 4.88. The van der Waals surface area contributed by atoms with Gasteiger partial charge in [-0.3, -0.25) is 0 Å². The Labute approximate surface area is 209 Å². The normalized spacial score (nSPS) is 18.3. The Morgan fingerprint density at radius 3 is 1.57 bits per heavy atom. The molecule has 0 spiro atoms. The lowest BCUT2D eigenvalue weighted by Gasteiger charge is -2.41. The summed E-state index contributed by atoms with van der Waals surface area (Å²) in [6, 6.07) is -1.38. The van der Waals surface area contributed by atoms with Gasteiger partial charge in [0, 0.05) is 0 Å². The number of hydrogen-bond donors (Lipinski definition) is 0. The minimum atomic E-state index is -8.67. The Bertz CT molecular complexity index is 1120. The highest BCUT2D eigenvalue weighted by atomic mass is 19.4. The van der Waals surface area contributed by atoms with Crippen LogP contribution in [0.2, 0.25) is 0 Å². The smallest absolute Gasteiger partial charge is 0.459 e. The van der Waals surface area contributed by atoms with Crippen LogP contribution in [-0.4, -0.2) is 67.0 Å². The molecule has 21 heteroatoms. The third kappa shape index (κ3) is 5.35. The Morgan fingerprint density at radius 2 is 1.15 bits per heavy atom. The van der Waals surface area contributed by atoms with Crippen molar-refractivity contribution in [1.29, 1.82) is 0 Å². The van der Waals surface area contributed by atoms with Crippen LogP contribution in [0.5, 0.6) is 5.75 Å². The number of alkyl halides is 15. The van der Waals surface area contributed by atoms with E-state index < -0.39 is 71.4 Å². The number of allylic oxidation sites excluding steroid dienone is 1. The highest BCUT2D eigenvalue weighted by Gasteiger charge is 2.93. The van der Waals surface area contributed by atoms with Crippen LogP contribution in [0.1, 0.15) is 10.4 Å². The van der Waals surface area contributed by atoms with Crippen LogP contribution in [0.4, 0.5) is 74.6 Å². The second-order valence-electron chi connectivity index (χ2n) is 7.71. The van der Waals surface area contributed by atoms with Crippen molar-refractivity contribution < 1.29 is 93.6 Å². The SMILES string of the molecule is O=C(OCC1CO1)c1ccc(OC(F)=C(F)C(F)(F)C(F)(F)C(F)(F)C(F)(F)C(F)(F)C(F)(F)C(F)(F)F)cc1. The molecule has 228 valence electrons. The first-order chi connectivity index (χ1) is 17.8. The fraction of sp³-hybridized carbons (Fsp3) is 0.526. The molecule has 4 nitrogen and oxygen atoms in total. The molecule has 0 bridgehead atoms. The first-order valence-corrected chi connectivity index (χ1v) is 9.73. The van der Waals surface area contributed by atoms with E-state index in [1.54, 1.807) is 0 Å². The summed E-state index contributed by atoms with van der Waals surface area (Å²) in [5.74, 6) is -56.7. The van der Waals surface area contributed by atoms with Gasteiger partial charge in [0.05, 0.1) is 12.2 Å². The molecule has 1 aliphatic heterocycles. The van der Waals surface area contributed by atoms with Gasteiger partial charge >= 0.3 is 53.7 Å². The summed E-state index contributed by atoms with van der Waals surface area (Å²) in [6.07, 6.45) is -8.20. The van der Waals surface area contributed by atoms with Crippen LogP contribution in [0, 0.1) is 0 Å². The van der Waals surface area contributed by atoms with Crippen LogP contribution < -0.4 is 4.74 Å². The number of hydrogen-bond acceptors (Lipinski definition) is 4.